The maximum absolute atomic E-state index is 10.8. The number of aromatic carboxylic acids is 1. The highest BCUT2D eigenvalue weighted by atomic mass is 32.1. The Balaban J connectivity index is 2.85. The molecule has 6 heteroatoms. The average Bonchev–Trinajstić information content (AvgIpc) is 2.65. The van der Waals surface area contributed by atoms with Crippen molar-refractivity contribution in [2.45, 2.75) is 18.6 Å². The minimum atomic E-state index is -1.16. The van der Waals surface area contributed by atoms with Crippen LogP contribution in [0.4, 0.5) is 0 Å². The van der Waals surface area contributed by atoms with Crippen molar-refractivity contribution in [2.75, 3.05) is 5.75 Å². The van der Waals surface area contributed by atoms with Crippen LogP contribution in [0.1, 0.15) is 27.8 Å². The Morgan fingerprint density at radius 1 is 1.53 bits per heavy atom. The first-order chi connectivity index (χ1) is 7.07. The van der Waals surface area contributed by atoms with E-state index in [2.05, 4.69) is 12.6 Å². The van der Waals surface area contributed by atoms with Crippen molar-refractivity contribution in [2.24, 2.45) is 0 Å². The lowest BCUT2D eigenvalue weighted by Gasteiger charge is -2.16. The molecule has 0 saturated heterocycles. The van der Waals surface area contributed by atoms with Gasteiger partial charge in [0.15, 0.2) is 0 Å². The number of aliphatic hydroxyl groups is 2. The predicted octanol–water partition coefficient (Wildman–Crippen LogP) is 1.16. The van der Waals surface area contributed by atoms with E-state index in [0.29, 0.717) is 12.2 Å². The van der Waals surface area contributed by atoms with Gasteiger partial charge in [-0.25, -0.2) is 4.79 Å². The van der Waals surface area contributed by atoms with Gasteiger partial charge in [-0.05, 0) is 23.6 Å². The third-order valence-electron chi connectivity index (χ3n) is 2.00. The van der Waals surface area contributed by atoms with E-state index in [1.807, 2.05) is 0 Å². The van der Waals surface area contributed by atoms with Crippen LogP contribution in [-0.4, -0.2) is 33.1 Å². The summed E-state index contributed by atoms with van der Waals surface area (Å²) in [6, 6.07) is 1.51. The number of thiol groups is 1. The Hall–Kier alpha value is -0.560. The van der Waals surface area contributed by atoms with E-state index in [4.69, 9.17) is 5.11 Å². The zero-order chi connectivity index (χ0) is 11.4. The van der Waals surface area contributed by atoms with Crippen molar-refractivity contribution >= 4 is 29.9 Å². The average molecular weight is 248 g/mol. The molecule has 0 radical (unpaired) electrons. The highest BCUT2D eigenvalue weighted by Crippen LogP contribution is 2.27. The van der Waals surface area contributed by atoms with Crippen LogP contribution in [0.15, 0.2) is 11.4 Å². The van der Waals surface area contributed by atoms with E-state index in [1.165, 1.54) is 6.07 Å². The van der Waals surface area contributed by atoms with Crippen molar-refractivity contribution < 1.29 is 20.1 Å². The summed E-state index contributed by atoms with van der Waals surface area (Å²) in [5.74, 6) is -0.651. The molecule has 0 bridgehead atoms. The highest BCUT2D eigenvalue weighted by molar-refractivity contribution is 7.80. The zero-order valence-corrected chi connectivity index (χ0v) is 9.54. The molecule has 0 fully saturated rings. The molecule has 2 unspecified atom stereocenters. The second-order valence-corrected chi connectivity index (χ2v) is 4.40. The van der Waals surface area contributed by atoms with Crippen LogP contribution in [0.2, 0.25) is 0 Å². The van der Waals surface area contributed by atoms with Crippen molar-refractivity contribution in [3.8, 4) is 0 Å². The summed E-state index contributed by atoms with van der Waals surface area (Å²) in [7, 11) is 0. The molecule has 2 atom stereocenters. The van der Waals surface area contributed by atoms with Crippen molar-refractivity contribution in [1.82, 2.24) is 0 Å². The molecule has 0 aromatic carbocycles. The van der Waals surface area contributed by atoms with Gasteiger partial charge < -0.3 is 15.3 Å². The lowest BCUT2D eigenvalue weighted by Crippen LogP contribution is -2.19. The number of carboxylic acid groups (broad SMARTS) is 1. The number of hydrogen-bond acceptors (Lipinski definition) is 5. The number of carboxylic acids is 1. The van der Waals surface area contributed by atoms with Gasteiger partial charge in [0.1, 0.15) is 11.0 Å². The molecule has 3 N–H and O–H groups in total. The molecule has 15 heavy (non-hydrogen) atoms. The molecular formula is C9H12O4S2. The van der Waals surface area contributed by atoms with Crippen LogP contribution in [0.5, 0.6) is 0 Å². The van der Waals surface area contributed by atoms with Gasteiger partial charge in [-0.1, -0.05) is 0 Å². The molecule has 0 aliphatic heterocycles. The Labute approximate surface area is 96.6 Å². The molecule has 4 nitrogen and oxygen atoms in total. The van der Waals surface area contributed by atoms with Crippen molar-refractivity contribution in [3.05, 3.63) is 21.9 Å². The van der Waals surface area contributed by atoms with E-state index in [-0.39, 0.29) is 10.4 Å². The predicted molar refractivity (Wildman–Crippen MR) is 60.7 cm³/mol. The fourth-order valence-electron chi connectivity index (χ4n) is 1.22. The first-order valence-electron chi connectivity index (χ1n) is 4.35. The Morgan fingerprint density at radius 3 is 2.73 bits per heavy atom. The topological polar surface area (TPSA) is 77.8 Å². The molecule has 1 aromatic heterocycles. The summed E-state index contributed by atoms with van der Waals surface area (Å²) in [4.78, 5) is 10.8. The van der Waals surface area contributed by atoms with Crippen LogP contribution in [0.25, 0.3) is 0 Å². The maximum Gasteiger partial charge on any atom is 0.346 e. The summed E-state index contributed by atoms with van der Waals surface area (Å²) in [5.41, 5.74) is 0.266. The zero-order valence-electron chi connectivity index (χ0n) is 7.83. The summed E-state index contributed by atoms with van der Waals surface area (Å²) in [6.07, 6.45) is -1.82. The van der Waals surface area contributed by atoms with E-state index < -0.39 is 18.2 Å². The van der Waals surface area contributed by atoms with Gasteiger partial charge in [-0.15, -0.1) is 11.3 Å². The number of rotatable bonds is 5. The summed E-state index contributed by atoms with van der Waals surface area (Å²) in [6.45, 7) is 0. The molecule has 0 aliphatic rings. The van der Waals surface area contributed by atoms with Gasteiger partial charge in [-0.2, -0.15) is 12.6 Å². The fraction of sp³-hybridized carbons (Fsp3) is 0.444. The van der Waals surface area contributed by atoms with Gasteiger partial charge in [-0.3, -0.25) is 0 Å². The summed E-state index contributed by atoms with van der Waals surface area (Å²) >= 11 is 4.97. The van der Waals surface area contributed by atoms with Crippen LogP contribution >= 0.6 is 24.0 Å². The highest BCUT2D eigenvalue weighted by Gasteiger charge is 2.23. The van der Waals surface area contributed by atoms with E-state index >= 15 is 0 Å². The lowest BCUT2D eigenvalue weighted by molar-refractivity contribution is 0.0166. The molecule has 1 heterocycles. The SMILES string of the molecule is O=C(O)c1sccc1C(O)C(O)CCS. The molecule has 84 valence electrons. The van der Waals surface area contributed by atoms with Gasteiger partial charge in [0.25, 0.3) is 0 Å². The summed E-state index contributed by atoms with van der Waals surface area (Å²) < 4.78 is 0. The van der Waals surface area contributed by atoms with Crippen molar-refractivity contribution in [3.63, 3.8) is 0 Å². The molecule has 0 spiro atoms. The molecular weight excluding hydrogens is 236 g/mol. The molecule has 1 aromatic rings. The van der Waals surface area contributed by atoms with E-state index in [9.17, 15) is 15.0 Å². The third kappa shape index (κ3) is 2.94. The van der Waals surface area contributed by atoms with Crippen LogP contribution in [0, 0.1) is 0 Å². The molecule has 1 rings (SSSR count). The monoisotopic (exact) mass is 248 g/mol. The van der Waals surface area contributed by atoms with E-state index in [1.54, 1.807) is 5.38 Å². The number of hydrogen-bond donors (Lipinski definition) is 4. The van der Waals surface area contributed by atoms with Gasteiger partial charge >= 0.3 is 5.97 Å². The third-order valence-corrected chi connectivity index (χ3v) is 3.17. The Morgan fingerprint density at radius 2 is 2.20 bits per heavy atom. The summed E-state index contributed by atoms with van der Waals surface area (Å²) in [5, 5.41) is 29.6. The fourth-order valence-corrected chi connectivity index (χ4v) is 2.26. The first kappa shape index (κ1) is 12.5. The van der Waals surface area contributed by atoms with Crippen LogP contribution in [0.3, 0.4) is 0 Å². The smallest absolute Gasteiger partial charge is 0.346 e. The van der Waals surface area contributed by atoms with Gasteiger partial charge in [0.2, 0.25) is 0 Å². The quantitative estimate of drug-likeness (QED) is 0.590. The first-order valence-corrected chi connectivity index (χ1v) is 5.86. The standard InChI is InChI=1S/C9H12O4S2/c10-6(1-3-14)7(11)5-2-4-15-8(5)9(12)13/h2,4,6-7,10-11,14H,1,3H2,(H,12,13). The minimum absolute atomic E-state index is 0.0701. The molecule has 0 aliphatic carbocycles. The molecule has 0 saturated carbocycles. The lowest BCUT2D eigenvalue weighted by atomic mass is 10.0. The second kappa shape index (κ2) is 5.50. The number of aliphatic hydroxyl groups excluding tert-OH is 2. The Kier molecular flexibility index (Phi) is 4.59. The maximum atomic E-state index is 10.8. The second-order valence-electron chi connectivity index (χ2n) is 3.03. The van der Waals surface area contributed by atoms with Gasteiger partial charge in [0.05, 0.1) is 6.10 Å². The normalized spacial score (nSPS) is 14.9. The van der Waals surface area contributed by atoms with Crippen LogP contribution in [-0.2, 0) is 0 Å². The van der Waals surface area contributed by atoms with Gasteiger partial charge in [0, 0.05) is 5.56 Å². The number of carbonyl (C=O) groups is 1. The molecule has 0 amide bonds. The number of thiophene rings is 1. The van der Waals surface area contributed by atoms with E-state index in [0.717, 1.165) is 11.3 Å². The van der Waals surface area contributed by atoms with Crippen LogP contribution < -0.4 is 0 Å². The minimum Gasteiger partial charge on any atom is -0.477 e. The Bertz CT molecular complexity index is 337. The van der Waals surface area contributed by atoms with Crippen molar-refractivity contribution in [1.29, 1.82) is 0 Å². The largest absolute Gasteiger partial charge is 0.477 e.